The molecule has 6 nitrogen and oxygen atoms in total. The second-order valence-electron chi connectivity index (χ2n) is 9.74. The summed E-state index contributed by atoms with van der Waals surface area (Å²) >= 11 is 0. The van der Waals surface area contributed by atoms with E-state index in [0.717, 1.165) is 36.9 Å². The number of ether oxygens (including phenoxy) is 1. The Morgan fingerprint density at radius 2 is 1.69 bits per heavy atom. The second kappa shape index (κ2) is 9.80. The van der Waals surface area contributed by atoms with Crippen molar-refractivity contribution < 1.29 is 19.4 Å². The number of rotatable bonds is 6. The molecule has 0 bridgehead atoms. The molecule has 0 spiro atoms. The number of benzene rings is 1. The van der Waals surface area contributed by atoms with Gasteiger partial charge in [0, 0.05) is 12.0 Å². The van der Waals surface area contributed by atoms with Gasteiger partial charge < -0.3 is 9.84 Å². The van der Waals surface area contributed by atoms with E-state index in [1.807, 2.05) is 46.8 Å². The van der Waals surface area contributed by atoms with Crippen LogP contribution in [0.2, 0.25) is 0 Å². The zero-order valence-corrected chi connectivity index (χ0v) is 19.8. The summed E-state index contributed by atoms with van der Waals surface area (Å²) in [5, 5.41) is 9.47. The van der Waals surface area contributed by atoms with Crippen LogP contribution < -0.4 is 0 Å². The third-order valence-electron chi connectivity index (χ3n) is 6.06. The molecule has 0 saturated heterocycles. The highest BCUT2D eigenvalue weighted by atomic mass is 16.6. The number of carbonyl (C=O) groups is 2. The van der Waals surface area contributed by atoms with Gasteiger partial charge in [-0.05, 0) is 77.2 Å². The van der Waals surface area contributed by atoms with Gasteiger partial charge in [0.15, 0.2) is 5.69 Å². The van der Waals surface area contributed by atoms with E-state index < -0.39 is 11.6 Å². The quantitative estimate of drug-likeness (QED) is 0.580. The first-order valence-corrected chi connectivity index (χ1v) is 11.5. The lowest BCUT2D eigenvalue weighted by Crippen LogP contribution is -2.26. The van der Waals surface area contributed by atoms with Crippen molar-refractivity contribution in [2.24, 2.45) is 5.92 Å². The van der Waals surface area contributed by atoms with Gasteiger partial charge in [0.1, 0.15) is 5.60 Å². The van der Waals surface area contributed by atoms with Gasteiger partial charge in [0.2, 0.25) is 0 Å². The van der Waals surface area contributed by atoms with Crippen molar-refractivity contribution in [1.29, 1.82) is 0 Å². The maximum atomic E-state index is 12.1. The number of aromatic nitrogens is 2. The Labute approximate surface area is 190 Å². The first-order chi connectivity index (χ1) is 15.1. The molecule has 1 aliphatic rings. The third-order valence-corrected chi connectivity index (χ3v) is 6.06. The summed E-state index contributed by atoms with van der Waals surface area (Å²) in [6.07, 6.45) is 5.19. The molecule has 2 aromatic rings. The molecule has 1 aromatic heterocycles. The minimum Gasteiger partial charge on any atom is -0.476 e. The predicted molar refractivity (Wildman–Crippen MR) is 124 cm³/mol. The average molecular weight is 439 g/mol. The van der Waals surface area contributed by atoms with Gasteiger partial charge in [-0.1, -0.05) is 31.2 Å². The lowest BCUT2D eigenvalue weighted by molar-refractivity contribution is -0.156. The summed E-state index contributed by atoms with van der Waals surface area (Å²) < 4.78 is 5.47. The van der Waals surface area contributed by atoms with Gasteiger partial charge in [-0.25, -0.2) is 9.78 Å². The minimum atomic E-state index is -1.05. The van der Waals surface area contributed by atoms with Crippen molar-refractivity contribution in [1.82, 2.24) is 9.97 Å². The summed E-state index contributed by atoms with van der Waals surface area (Å²) in [5.41, 5.74) is 3.62. The Morgan fingerprint density at radius 1 is 1.06 bits per heavy atom. The Kier molecular flexibility index (Phi) is 7.32. The Bertz CT molecular complexity index is 969. The SMILES string of the molecule is CCc1nc(C)c(-c2ccc(C3CCC(CC(=O)OC(C)(C)C)CC3)cc2)nc1C(=O)O. The molecule has 6 heteroatoms. The Balaban J connectivity index is 1.66. The highest BCUT2D eigenvalue weighted by Crippen LogP contribution is 2.38. The van der Waals surface area contributed by atoms with E-state index >= 15 is 0 Å². The van der Waals surface area contributed by atoms with Gasteiger partial charge in [0.25, 0.3) is 0 Å². The van der Waals surface area contributed by atoms with Crippen LogP contribution in [0.5, 0.6) is 0 Å². The van der Waals surface area contributed by atoms with Gasteiger partial charge >= 0.3 is 11.9 Å². The standard InChI is InChI=1S/C26H34N2O4/c1-6-21-24(25(30)31)28-23(16(2)27-21)20-13-11-19(12-14-20)18-9-7-17(8-10-18)15-22(29)32-26(3,4)5/h11-14,17-18H,6-10,15H2,1-5H3,(H,30,31). The van der Waals surface area contributed by atoms with Crippen LogP contribution in [-0.2, 0) is 16.0 Å². The van der Waals surface area contributed by atoms with Crippen LogP contribution >= 0.6 is 0 Å². The summed E-state index contributed by atoms with van der Waals surface area (Å²) in [5.74, 6) is -0.278. The Morgan fingerprint density at radius 3 is 2.22 bits per heavy atom. The summed E-state index contributed by atoms with van der Waals surface area (Å²) in [4.78, 5) is 32.6. The van der Waals surface area contributed by atoms with Crippen LogP contribution in [0.1, 0.15) is 93.2 Å². The number of nitrogens with zero attached hydrogens (tertiary/aromatic N) is 2. The first kappa shape index (κ1) is 23.9. The van der Waals surface area contributed by atoms with Crippen LogP contribution in [0.3, 0.4) is 0 Å². The van der Waals surface area contributed by atoms with E-state index in [4.69, 9.17) is 4.74 Å². The highest BCUT2D eigenvalue weighted by Gasteiger charge is 2.26. The summed E-state index contributed by atoms with van der Waals surface area (Å²) in [7, 11) is 0. The molecule has 0 radical (unpaired) electrons. The number of hydrogen-bond acceptors (Lipinski definition) is 5. The molecule has 0 atom stereocenters. The normalized spacial score (nSPS) is 18.9. The number of esters is 1. The van der Waals surface area contributed by atoms with Gasteiger partial charge in [0.05, 0.1) is 17.1 Å². The van der Waals surface area contributed by atoms with Gasteiger partial charge in [-0.3, -0.25) is 9.78 Å². The molecule has 1 aliphatic carbocycles. The van der Waals surface area contributed by atoms with Crippen molar-refractivity contribution in [3.63, 3.8) is 0 Å². The number of carboxylic acid groups (broad SMARTS) is 1. The lowest BCUT2D eigenvalue weighted by Gasteiger charge is -2.29. The predicted octanol–water partition coefficient (Wildman–Crippen LogP) is 5.72. The molecule has 1 heterocycles. The first-order valence-electron chi connectivity index (χ1n) is 11.5. The van der Waals surface area contributed by atoms with E-state index in [-0.39, 0.29) is 11.7 Å². The summed E-state index contributed by atoms with van der Waals surface area (Å²) in [6.45, 7) is 9.46. The van der Waals surface area contributed by atoms with E-state index in [1.165, 1.54) is 5.56 Å². The molecule has 172 valence electrons. The van der Waals surface area contributed by atoms with Gasteiger partial charge in [-0.15, -0.1) is 0 Å². The minimum absolute atomic E-state index is 0.0282. The highest BCUT2D eigenvalue weighted by molar-refractivity contribution is 5.87. The molecule has 1 N–H and O–H groups in total. The zero-order chi connectivity index (χ0) is 23.5. The van der Waals surface area contributed by atoms with Crippen LogP contribution in [-0.4, -0.2) is 32.6 Å². The fraction of sp³-hybridized carbons (Fsp3) is 0.538. The number of carboxylic acids is 1. The molecule has 3 rings (SSSR count). The molecule has 1 aromatic carbocycles. The Hall–Kier alpha value is -2.76. The summed E-state index contributed by atoms with van der Waals surface area (Å²) in [6, 6.07) is 8.25. The smallest absolute Gasteiger partial charge is 0.356 e. The van der Waals surface area contributed by atoms with E-state index in [9.17, 15) is 14.7 Å². The van der Waals surface area contributed by atoms with Crippen molar-refractivity contribution in [3.05, 3.63) is 46.9 Å². The van der Waals surface area contributed by atoms with Crippen LogP contribution in [0.25, 0.3) is 11.3 Å². The second-order valence-corrected chi connectivity index (χ2v) is 9.74. The van der Waals surface area contributed by atoms with E-state index in [1.54, 1.807) is 0 Å². The number of aromatic carboxylic acids is 1. The number of hydrogen-bond donors (Lipinski definition) is 1. The topological polar surface area (TPSA) is 89.4 Å². The number of carbonyl (C=O) groups excluding carboxylic acids is 1. The number of aryl methyl sites for hydroxylation is 2. The molecule has 32 heavy (non-hydrogen) atoms. The van der Waals surface area contributed by atoms with Crippen LogP contribution in [0.15, 0.2) is 24.3 Å². The molecule has 0 unspecified atom stereocenters. The van der Waals surface area contributed by atoms with E-state index in [0.29, 0.717) is 36.1 Å². The van der Waals surface area contributed by atoms with E-state index in [2.05, 4.69) is 22.1 Å². The molecule has 0 amide bonds. The molecule has 1 fully saturated rings. The average Bonchev–Trinajstić information content (AvgIpc) is 2.72. The fourth-order valence-electron chi connectivity index (χ4n) is 4.49. The monoisotopic (exact) mass is 438 g/mol. The van der Waals surface area contributed by atoms with Crippen molar-refractivity contribution >= 4 is 11.9 Å². The van der Waals surface area contributed by atoms with Crippen LogP contribution in [0.4, 0.5) is 0 Å². The van der Waals surface area contributed by atoms with Crippen molar-refractivity contribution in [3.8, 4) is 11.3 Å². The third kappa shape index (κ3) is 5.93. The molecular weight excluding hydrogens is 404 g/mol. The van der Waals surface area contributed by atoms with Crippen molar-refractivity contribution in [2.45, 2.75) is 84.7 Å². The molecule has 0 aliphatic heterocycles. The van der Waals surface area contributed by atoms with Crippen LogP contribution in [0, 0.1) is 12.8 Å². The van der Waals surface area contributed by atoms with Gasteiger partial charge in [-0.2, -0.15) is 0 Å². The van der Waals surface area contributed by atoms with Crippen molar-refractivity contribution in [2.75, 3.05) is 0 Å². The molecule has 1 saturated carbocycles. The zero-order valence-electron chi connectivity index (χ0n) is 19.8. The largest absolute Gasteiger partial charge is 0.476 e. The fourth-order valence-corrected chi connectivity index (χ4v) is 4.49. The molecular formula is C26H34N2O4. The maximum absolute atomic E-state index is 12.1. The maximum Gasteiger partial charge on any atom is 0.356 e. The lowest BCUT2D eigenvalue weighted by atomic mass is 9.77.